The Labute approximate surface area is 107 Å². The Balaban J connectivity index is 1.85. The molecule has 0 radical (unpaired) electrons. The molecule has 100 valence electrons. The topological polar surface area (TPSA) is 29.3 Å². The molecule has 2 heteroatoms. The molecule has 0 aliphatic heterocycles. The van der Waals surface area contributed by atoms with Gasteiger partial charge in [-0.2, -0.15) is 0 Å². The van der Waals surface area contributed by atoms with Crippen molar-refractivity contribution in [3.63, 3.8) is 0 Å². The maximum Gasteiger partial charge on any atom is 0.00501 e. The van der Waals surface area contributed by atoms with E-state index in [1.54, 1.807) is 0 Å². The summed E-state index contributed by atoms with van der Waals surface area (Å²) in [6.07, 6.45) is 11.4. The molecule has 0 spiro atoms. The summed E-state index contributed by atoms with van der Waals surface area (Å²) in [5, 5.41) is 0. The van der Waals surface area contributed by atoms with Gasteiger partial charge in [-0.25, -0.2) is 0 Å². The highest BCUT2D eigenvalue weighted by atomic mass is 15.1. The smallest absolute Gasteiger partial charge is 0.00501 e. The minimum Gasteiger partial charge on any atom is -0.330 e. The van der Waals surface area contributed by atoms with Crippen LogP contribution >= 0.6 is 0 Å². The first-order chi connectivity index (χ1) is 8.28. The van der Waals surface area contributed by atoms with Gasteiger partial charge in [0.1, 0.15) is 0 Å². The highest BCUT2D eigenvalue weighted by molar-refractivity contribution is 4.87. The molecule has 2 aliphatic carbocycles. The molecule has 0 heterocycles. The van der Waals surface area contributed by atoms with Gasteiger partial charge in [-0.15, -0.1) is 0 Å². The van der Waals surface area contributed by atoms with E-state index in [4.69, 9.17) is 5.73 Å². The van der Waals surface area contributed by atoms with Crippen molar-refractivity contribution in [2.24, 2.45) is 17.1 Å². The van der Waals surface area contributed by atoms with Crippen LogP contribution in [-0.2, 0) is 0 Å². The Hall–Kier alpha value is -0.0800. The van der Waals surface area contributed by atoms with Gasteiger partial charge in [0, 0.05) is 13.1 Å². The fraction of sp³-hybridized carbons (Fsp3) is 1.00. The molecule has 0 bridgehead atoms. The van der Waals surface area contributed by atoms with Gasteiger partial charge in [0.05, 0.1) is 0 Å². The van der Waals surface area contributed by atoms with Crippen LogP contribution in [0.1, 0.15) is 58.3 Å². The molecule has 0 unspecified atom stereocenters. The van der Waals surface area contributed by atoms with Crippen molar-refractivity contribution >= 4 is 0 Å². The minimum atomic E-state index is 0.456. The third kappa shape index (κ3) is 3.45. The van der Waals surface area contributed by atoms with Crippen LogP contribution in [-0.4, -0.2) is 31.1 Å². The highest BCUT2D eigenvalue weighted by Gasteiger charge is 2.33. The molecule has 0 atom stereocenters. The van der Waals surface area contributed by atoms with Gasteiger partial charge >= 0.3 is 0 Å². The van der Waals surface area contributed by atoms with Crippen molar-refractivity contribution in [1.29, 1.82) is 0 Å². The molecular weight excluding hydrogens is 208 g/mol. The van der Waals surface area contributed by atoms with Crippen LogP contribution in [0.4, 0.5) is 0 Å². The summed E-state index contributed by atoms with van der Waals surface area (Å²) in [5.41, 5.74) is 6.55. The highest BCUT2D eigenvalue weighted by Crippen LogP contribution is 2.37. The molecule has 2 rings (SSSR count). The number of nitrogens with two attached hydrogens (primary N) is 1. The quantitative estimate of drug-likeness (QED) is 0.771. The van der Waals surface area contributed by atoms with Crippen LogP contribution in [0.3, 0.4) is 0 Å². The van der Waals surface area contributed by atoms with Gasteiger partial charge in [-0.1, -0.05) is 32.6 Å². The first-order valence-electron chi connectivity index (χ1n) is 7.70. The maximum atomic E-state index is 6.09. The zero-order valence-electron chi connectivity index (χ0n) is 11.6. The Morgan fingerprint density at radius 3 is 2.29 bits per heavy atom. The second kappa shape index (κ2) is 6.19. The van der Waals surface area contributed by atoms with E-state index < -0.39 is 0 Å². The van der Waals surface area contributed by atoms with Crippen LogP contribution in [0.15, 0.2) is 0 Å². The fourth-order valence-electron chi connectivity index (χ4n) is 3.55. The van der Waals surface area contributed by atoms with Gasteiger partial charge in [0.15, 0.2) is 0 Å². The van der Waals surface area contributed by atoms with Gasteiger partial charge in [0.25, 0.3) is 0 Å². The van der Waals surface area contributed by atoms with E-state index in [0.717, 1.165) is 12.5 Å². The molecule has 0 aromatic heterocycles. The standard InChI is InChI=1S/C15H30N2/c1-2-17(11-14-7-6-8-14)13-15(12-16)9-4-3-5-10-15/h14H,2-13,16H2,1H3. The Kier molecular flexibility index (Phi) is 4.87. The molecular formula is C15H30N2. The van der Waals surface area contributed by atoms with Crippen LogP contribution in [0, 0.1) is 11.3 Å². The van der Waals surface area contributed by atoms with Gasteiger partial charge in [0.2, 0.25) is 0 Å². The van der Waals surface area contributed by atoms with Crippen LogP contribution in [0.5, 0.6) is 0 Å². The summed E-state index contributed by atoms with van der Waals surface area (Å²) in [6.45, 7) is 7.01. The first-order valence-corrected chi connectivity index (χ1v) is 7.70. The minimum absolute atomic E-state index is 0.456. The van der Waals surface area contributed by atoms with Crippen molar-refractivity contribution in [2.45, 2.75) is 58.3 Å². The molecule has 2 nitrogen and oxygen atoms in total. The van der Waals surface area contributed by atoms with E-state index in [-0.39, 0.29) is 0 Å². The number of rotatable bonds is 6. The number of nitrogens with zero attached hydrogens (tertiary/aromatic N) is 1. The predicted octanol–water partition coefficient (Wildman–Crippen LogP) is 3.02. The van der Waals surface area contributed by atoms with E-state index in [2.05, 4.69) is 11.8 Å². The van der Waals surface area contributed by atoms with Crippen molar-refractivity contribution in [1.82, 2.24) is 4.90 Å². The van der Waals surface area contributed by atoms with E-state index >= 15 is 0 Å². The lowest BCUT2D eigenvalue weighted by Gasteiger charge is -2.42. The molecule has 2 aliphatic rings. The molecule has 17 heavy (non-hydrogen) atoms. The molecule has 0 amide bonds. The lowest BCUT2D eigenvalue weighted by Crippen LogP contribution is -2.45. The van der Waals surface area contributed by atoms with E-state index in [1.165, 1.54) is 71.0 Å². The Morgan fingerprint density at radius 2 is 1.82 bits per heavy atom. The lowest BCUT2D eigenvalue weighted by molar-refractivity contribution is 0.0898. The summed E-state index contributed by atoms with van der Waals surface area (Å²) in [4.78, 5) is 2.68. The zero-order valence-corrected chi connectivity index (χ0v) is 11.6. The number of hydrogen-bond acceptors (Lipinski definition) is 2. The zero-order chi connectivity index (χ0) is 12.1. The van der Waals surface area contributed by atoms with Crippen molar-refractivity contribution in [3.8, 4) is 0 Å². The Morgan fingerprint density at radius 1 is 1.12 bits per heavy atom. The van der Waals surface area contributed by atoms with Crippen molar-refractivity contribution in [2.75, 3.05) is 26.2 Å². The largest absolute Gasteiger partial charge is 0.330 e. The van der Waals surface area contributed by atoms with E-state index in [9.17, 15) is 0 Å². The summed E-state index contributed by atoms with van der Waals surface area (Å²) in [6, 6.07) is 0. The summed E-state index contributed by atoms with van der Waals surface area (Å²) in [5.74, 6) is 0.994. The van der Waals surface area contributed by atoms with Crippen LogP contribution in [0.2, 0.25) is 0 Å². The fourth-order valence-corrected chi connectivity index (χ4v) is 3.55. The first kappa shape index (κ1) is 13.4. The van der Waals surface area contributed by atoms with E-state index in [1.807, 2.05) is 0 Å². The van der Waals surface area contributed by atoms with Crippen molar-refractivity contribution < 1.29 is 0 Å². The molecule has 2 N–H and O–H groups in total. The monoisotopic (exact) mass is 238 g/mol. The maximum absolute atomic E-state index is 6.09. The van der Waals surface area contributed by atoms with Crippen molar-refractivity contribution in [3.05, 3.63) is 0 Å². The molecule has 0 aromatic carbocycles. The predicted molar refractivity (Wildman–Crippen MR) is 74.0 cm³/mol. The Bertz CT molecular complexity index is 217. The van der Waals surface area contributed by atoms with Crippen LogP contribution in [0.25, 0.3) is 0 Å². The average Bonchev–Trinajstić information content (AvgIpc) is 2.33. The van der Waals surface area contributed by atoms with Gasteiger partial charge in [-0.3, -0.25) is 0 Å². The third-order valence-electron chi connectivity index (χ3n) is 5.09. The van der Waals surface area contributed by atoms with E-state index in [0.29, 0.717) is 5.41 Å². The molecule has 0 aromatic rings. The summed E-state index contributed by atoms with van der Waals surface area (Å²) < 4.78 is 0. The molecule has 2 saturated carbocycles. The van der Waals surface area contributed by atoms with Gasteiger partial charge < -0.3 is 10.6 Å². The average molecular weight is 238 g/mol. The number of hydrogen-bond donors (Lipinski definition) is 1. The molecule has 0 saturated heterocycles. The normalized spacial score (nSPS) is 24.9. The lowest BCUT2D eigenvalue weighted by atomic mass is 9.73. The van der Waals surface area contributed by atoms with Crippen LogP contribution < -0.4 is 5.73 Å². The summed E-state index contributed by atoms with van der Waals surface area (Å²) >= 11 is 0. The molecule has 2 fully saturated rings. The summed E-state index contributed by atoms with van der Waals surface area (Å²) in [7, 11) is 0. The SMILES string of the molecule is CCN(CC1CCC1)CC1(CN)CCCCC1. The third-order valence-corrected chi connectivity index (χ3v) is 5.09. The second-order valence-electron chi connectivity index (χ2n) is 6.39. The van der Waals surface area contributed by atoms with Gasteiger partial charge in [-0.05, 0) is 50.1 Å². The second-order valence-corrected chi connectivity index (χ2v) is 6.39.